The van der Waals surface area contributed by atoms with Crippen LogP contribution in [0.25, 0.3) is 10.9 Å². The number of benzene rings is 1. The molecule has 0 saturated carbocycles. The van der Waals surface area contributed by atoms with Gasteiger partial charge in [-0.3, -0.25) is 9.36 Å². The lowest BCUT2D eigenvalue weighted by molar-refractivity contribution is 0.0609. The summed E-state index contributed by atoms with van der Waals surface area (Å²) in [5, 5.41) is 0.982. The Morgan fingerprint density at radius 3 is 2.95 bits per heavy atom. The minimum atomic E-state index is -0.0536. The molecular formula is C14H15ClN2O2. The van der Waals surface area contributed by atoms with E-state index in [0.717, 1.165) is 26.1 Å². The molecule has 19 heavy (non-hydrogen) atoms. The van der Waals surface area contributed by atoms with Crippen LogP contribution >= 0.6 is 11.6 Å². The maximum Gasteiger partial charge on any atom is 0.262 e. The van der Waals surface area contributed by atoms with E-state index < -0.39 is 0 Å². The summed E-state index contributed by atoms with van der Waals surface area (Å²) in [6.07, 6.45) is 3.61. The number of hydrogen-bond acceptors (Lipinski definition) is 3. The highest BCUT2D eigenvalue weighted by molar-refractivity contribution is 6.35. The van der Waals surface area contributed by atoms with Crippen molar-refractivity contribution >= 4 is 22.5 Å². The lowest BCUT2D eigenvalue weighted by Crippen LogP contribution is -2.27. The number of fused-ring (bicyclic) bond motifs is 1. The second kappa shape index (κ2) is 5.31. The first-order chi connectivity index (χ1) is 9.25. The number of aromatic nitrogens is 2. The molecule has 4 nitrogen and oxygen atoms in total. The summed E-state index contributed by atoms with van der Waals surface area (Å²) in [5.74, 6) is 0.480. The Morgan fingerprint density at radius 1 is 1.37 bits per heavy atom. The Kier molecular flexibility index (Phi) is 3.53. The van der Waals surface area contributed by atoms with Crippen LogP contribution in [-0.2, 0) is 11.3 Å². The minimum absolute atomic E-state index is 0.0536. The third-order valence-corrected chi connectivity index (χ3v) is 3.91. The summed E-state index contributed by atoms with van der Waals surface area (Å²) in [5.41, 5.74) is 0.600. The Morgan fingerprint density at radius 2 is 2.16 bits per heavy atom. The van der Waals surface area contributed by atoms with Gasteiger partial charge in [-0.1, -0.05) is 17.7 Å². The fourth-order valence-electron chi connectivity index (χ4n) is 2.50. The van der Waals surface area contributed by atoms with Gasteiger partial charge in [-0.25, -0.2) is 4.98 Å². The molecule has 100 valence electrons. The van der Waals surface area contributed by atoms with E-state index in [2.05, 4.69) is 4.98 Å². The van der Waals surface area contributed by atoms with Gasteiger partial charge in [0.2, 0.25) is 0 Å². The van der Waals surface area contributed by atoms with Crippen molar-refractivity contribution in [3.8, 4) is 0 Å². The van der Waals surface area contributed by atoms with Crippen LogP contribution in [0, 0.1) is 5.92 Å². The maximum absolute atomic E-state index is 12.4. The summed E-state index contributed by atoms with van der Waals surface area (Å²) in [4.78, 5) is 16.7. The molecule has 0 N–H and O–H groups in total. The molecule has 1 fully saturated rings. The van der Waals surface area contributed by atoms with Gasteiger partial charge in [-0.2, -0.15) is 0 Å². The third-order valence-electron chi connectivity index (χ3n) is 3.60. The van der Waals surface area contributed by atoms with Crippen LogP contribution < -0.4 is 5.56 Å². The van der Waals surface area contributed by atoms with Crippen molar-refractivity contribution in [3.63, 3.8) is 0 Å². The zero-order chi connectivity index (χ0) is 13.2. The average molecular weight is 279 g/mol. The number of hydrogen-bond donors (Lipinski definition) is 0. The molecule has 1 aromatic carbocycles. The van der Waals surface area contributed by atoms with E-state index in [0.29, 0.717) is 28.4 Å². The molecule has 3 rings (SSSR count). The fourth-order valence-corrected chi connectivity index (χ4v) is 2.75. The standard InChI is InChI=1S/C14H15ClN2O2/c15-11-2-1-3-12-13(11)14(18)17(9-16-12)8-10-4-6-19-7-5-10/h1-3,9-10H,4-8H2. The van der Waals surface area contributed by atoms with Crippen LogP contribution in [-0.4, -0.2) is 22.8 Å². The van der Waals surface area contributed by atoms with Crippen molar-refractivity contribution in [2.75, 3.05) is 13.2 Å². The van der Waals surface area contributed by atoms with Crippen molar-refractivity contribution in [1.82, 2.24) is 9.55 Å². The molecule has 0 spiro atoms. The van der Waals surface area contributed by atoms with Gasteiger partial charge in [0.1, 0.15) is 0 Å². The Bertz CT molecular complexity index is 647. The molecular weight excluding hydrogens is 264 g/mol. The molecule has 2 aromatic rings. The smallest absolute Gasteiger partial charge is 0.262 e. The fraction of sp³-hybridized carbons (Fsp3) is 0.429. The molecule has 0 aliphatic carbocycles. The van der Waals surface area contributed by atoms with Crippen molar-refractivity contribution in [2.24, 2.45) is 5.92 Å². The summed E-state index contributed by atoms with van der Waals surface area (Å²) < 4.78 is 7.00. The molecule has 1 aliphatic rings. The second-order valence-corrected chi connectivity index (χ2v) is 5.30. The van der Waals surface area contributed by atoms with Crippen LogP contribution in [0.2, 0.25) is 5.02 Å². The van der Waals surface area contributed by atoms with Gasteiger partial charge in [-0.15, -0.1) is 0 Å². The molecule has 0 amide bonds. The quantitative estimate of drug-likeness (QED) is 0.848. The lowest BCUT2D eigenvalue weighted by atomic mass is 10.0. The highest BCUT2D eigenvalue weighted by Crippen LogP contribution is 2.19. The highest BCUT2D eigenvalue weighted by Gasteiger charge is 2.16. The van der Waals surface area contributed by atoms with Gasteiger partial charge in [0, 0.05) is 19.8 Å². The average Bonchev–Trinajstić information content (AvgIpc) is 2.43. The van der Waals surface area contributed by atoms with Crippen LogP contribution in [0.4, 0.5) is 0 Å². The molecule has 0 radical (unpaired) electrons. The van der Waals surface area contributed by atoms with Crippen molar-refractivity contribution in [3.05, 3.63) is 39.9 Å². The summed E-state index contributed by atoms with van der Waals surface area (Å²) in [6, 6.07) is 5.34. The first-order valence-electron chi connectivity index (χ1n) is 6.47. The minimum Gasteiger partial charge on any atom is -0.381 e. The van der Waals surface area contributed by atoms with E-state index in [1.54, 1.807) is 29.1 Å². The van der Waals surface area contributed by atoms with Crippen LogP contribution in [0.1, 0.15) is 12.8 Å². The van der Waals surface area contributed by atoms with Crippen LogP contribution in [0.15, 0.2) is 29.3 Å². The summed E-state index contributed by atoms with van der Waals surface area (Å²) in [6.45, 7) is 2.25. The van der Waals surface area contributed by atoms with Gasteiger partial charge in [0.05, 0.1) is 22.3 Å². The van der Waals surface area contributed by atoms with Crippen molar-refractivity contribution in [2.45, 2.75) is 19.4 Å². The topological polar surface area (TPSA) is 44.1 Å². The number of halogens is 1. The van der Waals surface area contributed by atoms with E-state index in [4.69, 9.17) is 16.3 Å². The Labute approximate surface area is 116 Å². The zero-order valence-electron chi connectivity index (χ0n) is 10.5. The Balaban J connectivity index is 1.98. The lowest BCUT2D eigenvalue weighted by Gasteiger charge is -2.22. The van der Waals surface area contributed by atoms with Crippen molar-refractivity contribution in [1.29, 1.82) is 0 Å². The normalized spacial score (nSPS) is 16.9. The molecule has 5 heteroatoms. The SMILES string of the molecule is O=c1c2c(Cl)cccc2ncn1CC1CCOCC1. The largest absolute Gasteiger partial charge is 0.381 e. The van der Waals surface area contributed by atoms with E-state index in [-0.39, 0.29) is 5.56 Å². The highest BCUT2D eigenvalue weighted by atomic mass is 35.5. The molecule has 0 unspecified atom stereocenters. The molecule has 1 aliphatic heterocycles. The number of nitrogens with zero attached hydrogens (tertiary/aromatic N) is 2. The predicted molar refractivity (Wildman–Crippen MR) is 74.6 cm³/mol. The van der Waals surface area contributed by atoms with Gasteiger partial charge in [0.25, 0.3) is 5.56 Å². The van der Waals surface area contributed by atoms with Crippen molar-refractivity contribution < 1.29 is 4.74 Å². The monoisotopic (exact) mass is 278 g/mol. The van der Waals surface area contributed by atoms with E-state index >= 15 is 0 Å². The molecule has 0 bridgehead atoms. The van der Waals surface area contributed by atoms with Crippen LogP contribution in [0.5, 0.6) is 0 Å². The molecule has 1 aromatic heterocycles. The van der Waals surface area contributed by atoms with E-state index in [1.807, 2.05) is 0 Å². The Hall–Kier alpha value is -1.39. The van der Waals surface area contributed by atoms with E-state index in [9.17, 15) is 4.79 Å². The van der Waals surface area contributed by atoms with Crippen LogP contribution in [0.3, 0.4) is 0 Å². The summed E-state index contributed by atoms with van der Waals surface area (Å²) in [7, 11) is 0. The molecule has 0 atom stereocenters. The maximum atomic E-state index is 12.4. The van der Waals surface area contributed by atoms with Gasteiger partial charge in [0.15, 0.2) is 0 Å². The van der Waals surface area contributed by atoms with Gasteiger partial charge < -0.3 is 4.74 Å². The zero-order valence-corrected chi connectivity index (χ0v) is 11.3. The molecule has 2 heterocycles. The van der Waals surface area contributed by atoms with Gasteiger partial charge in [-0.05, 0) is 30.9 Å². The molecule has 1 saturated heterocycles. The number of rotatable bonds is 2. The summed E-state index contributed by atoms with van der Waals surface area (Å²) >= 11 is 6.10. The van der Waals surface area contributed by atoms with E-state index in [1.165, 1.54) is 0 Å². The van der Waals surface area contributed by atoms with Gasteiger partial charge >= 0.3 is 0 Å². The first kappa shape index (κ1) is 12.6. The second-order valence-electron chi connectivity index (χ2n) is 4.89. The third kappa shape index (κ3) is 2.51. The first-order valence-corrected chi connectivity index (χ1v) is 6.85. The predicted octanol–water partition coefficient (Wildman–Crippen LogP) is 2.48. The number of ether oxygens (including phenoxy) is 1.